The number of nitrogens with one attached hydrogen (secondary N) is 1. The number of benzene rings is 2. The molecule has 0 spiro atoms. The van der Waals surface area contributed by atoms with Crippen molar-refractivity contribution in [3.63, 3.8) is 0 Å². The normalized spacial score (nSPS) is 9.96. The van der Waals surface area contributed by atoms with Crippen LogP contribution in [0.15, 0.2) is 42.5 Å². The van der Waals surface area contributed by atoms with E-state index in [4.69, 9.17) is 14.2 Å². The number of hydrogen-bond acceptors (Lipinski definition) is 6. The molecule has 0 aliphatic rings. The topological polar surface area (TPSA) is 90.9 Å². The largest absolute Gasteiger partial charge is 0.496 e. The first-order valence-electron chi connectivity index (χ1n) is 7.75. The Balaban J connectivity index is 1.99. The van der Waals surface area contributed by atoms with Gasteiger partial charge in [-0.25, -0.2) is 4.79 Å². The number of methoxy groups -OCH3 is 2. The van der Waals surface area contributed by atoms with Crippen LogP contribution in [-0.2, 0) is 9.53 Å². The molecule has 0 radical (unpaired) electrons. The van der Waals surface area contributed by atoms with E-state index in [0.29, 0.717) is 11.3 Å². The molecule has 0 aliphatic heterocycles. The van der Waals surface area contributed by atoms with Gasteiger partial charge in [-0.15, -0.1) is 0 Å². The number of carbonyl (C=O) groups excluding carboxylic acids is 3. The Morgan fingerprint density at radius 2 is 1.50 bits per heavy atom. The van der Waals surface area contributed by atoms with E-state index in [1.807, 2.05) is 0 Å². The molecule has 0 unspecified atom stereocenters. The van der Waals surface area contributed by atoms with Gasteiger partial charge >= 0.3 is 5.97 Å². The van der Waals surface area contributed by atoms with E-state index in [9.17, 15) is 14.4 Å². The van der Waals surface area contributed by atoms with Gasteiger partial charge in [0.2, 0.25) is 0 Å². The smallest absolute Gasteiger partial charge is 0.346 e. The molecular weight excluding hydrogens is 338 g/mol. The summed E-state index contributed by atoms with van der Waals surface area (Å²) in [6, 6.07) is 11.3. The molecule has 26 heavy (non-hydrogen) atoms. The highest BCUT2D eigenvalue weighted by Gasteiger charge is 2.20. The fourth-order valence-corrected chi connectivity index (χ4v) is 2.24. The van der Waals surface area contributed by atoms with Crippen molar-refractivity contribution in [2.75, 3.05) is 26.1 Å². The van der Waals surface area contributed by atoms with Crippen LogP contribution in [0, 0.1) is 0 Å². The molecule has 7 nitrogen and oxygen atoms in total. The zero-order chi connectivity index (χ0) is 19.1. The first kappa shape index (κ1) is 19.0. The number of Topliss-reactive ketones (excluding diaryl/α,β-unsaturated/α-hetero) is 1. The summed E-state index contributed by atoms with van der Waals surface area (Å²) in [7, 11) is 2.84. The molecule has 136 valence electrons. The molecule has 2 aromatic carbocycles. The lowest BCUT2D eigenvalue weighted by Gasteiger charge is -2.12. The second-order valence-electron chi connectivity index (χ2n) is 5.30. The second-order valence-corrected chi connectivity index (χ2v) is 5.30. The lowest BCUT2D eigenvalue weighted by molar-refractivity contribution is -0.119. The first-order valence-corrected chi connectivity index (χ1v) is 7.75. The molecule has 0 bridgehead atoms. The third-order valence-corrected chi connectivity index (χ3v) is 3.54. The van der Waals surface area contributed by atoms with Crippen LogP contribution in [0.5, 0.6) is 11.5 Å². The molecule has 0 fully saturated rings. The predicted octanol–water partition coefficient (Wildman–Crippen LogP) is 2.70. The van der Waals surface area contributed by atoms with Gasteiger partial charge in [0, 0.05) is 11.3 Å². The number of carbonyl (C=O) groups is 3. The predicted molar refractivity (Wildman–Crippen MR) is 94.9 cm³/mol. The zero-order valence-electron chi connectivity index (χ0n) is 14.7. The van der Waals surface area contributed by atoms with Gasteiger partial charge in [-0.2, -0.15) is 0 Å². The maximum absolute atomic E-state index is 12.3. The van der Waals surface area contributed by atoms with Crippen molar-refractivity contribution in [2.45, 2.75) is 6.92 Å². The number of hydrogen-bond donors (Lipinski definition) is 1. The van der Waals surface area contributed by atoms with Gasteiger partial charge in [0.15, 0.2) is 12.4 Å². The van der Waals surface area contributed by atoms with Gasteiger partial charge in [0.25, 0.3) is 5.91 Å². The third-order valence-electron chi connectivity index (χ3n) is 3.54. The second kappa shape index (κ2) is 8.66. The van der Waals surface area contributed by atoms with Crippen LogP contribution < -0.4 is 14.8 Å². The quantitative estimate of drug-likeness (QED) is 0.605. The van der Waals surface area contributed by atoms with Crippen LogP contribution in [0.4, 0.5) is 5.69 Å². The average Bonchev–Trinajstić information content (AvgIpc) is 2.65. The Bertz CT molecular complexity index is 791. The summed E-state index contributed by atoms with van der Waals surface area (Å²) >= 11 is 0. The van der Waals surface area contributed by atoms with E-state index in [0.717, 1.165) is 0 Å². The molecular formula is C19H19NO6. The number of esters is 1. The van der Waals surface area contributed by atoms with Crippen LogP contribution in [-0.4, -0.2) is 38.5 Å². The van der Waals surface area contributed by atoms with E-state index in [2.05, 4.69) is 5.32 Å². The Morgan fingerprint density at radius 3 is 2.00 bits per heavy atom. The van der Waals surface area contributed by atoms with Crippen molar-refractivity contribution in [1.29, 1.82) is 0 Å². The van der Waals surface area contributed by atoms with Crippen molar-refractivity contribution >= 4 is 23.3 Å². The molecule has 7 heteroatoms. The van der Waals surface area contributed by atoms with E-state index in [1.54, 1.807) is 42.5 Å². The number of amides is 1. The molecule has 0 atom stereocenters. The summed E-state index contributed by atoms with van der Waals surface area (Å²) in [5.41, 5.74) is 1.14. The molecule has 1 N–H and O–H groups in total. The summed E-state index contributed by atoms with van der Waals surface area (Å²) in [6.07, 6.45) is 0. The summed E-state index contributed by atoms with van der Waals surface area (Å²) in [5.74, 6) is -0.740. The highest BCUT2D eigenvalue weighted by molar-refractivity contribution is 5.99. The highest BCUT2D eigenvalue weighted by atomic mass is 16.5. The minimum absolute atomic E-state index is 0.0671. The minimum atomic E-state index is -0.735. The highest BCUT2D eigenvalue weighted by Crippen LogP contribution is 2.28. The van der Waals surface area contributed by atoms with E-state index < -0.39 is 18.5 Å². The minimum Gasteiger partial charge on any atom is -0.496 e. The van der Waals surface area contributed by atoms with Crippen LogP contribution in [0.3, 0.4) is 0 Å². The molecule has 0 heterocycles. The van der Waals surface area contributed by atoms with Crippen molar-refractivity contribution in [3.05, 3.63) is 53.6 Å². The molecule has 0 aliphatic carbocycles. The zero-order valence-corrected chi connectivity index (χ0v) is 14.7. The molecule has 0 saturated carbocycles. The lowest BCUT2D eigenvalue weighted by Crippen LogP contribution is -2.21. The standard InChI is InChI=1S/C19H19NO6/c1-12(21)13-7-9-14(10-8-13)20-17(22)11-26-19(23)18-15(24-2)5-4-6-16(18)25-3/h4-10H,11H2,1-3H3,(H,20,22). The molecule has 2 aromatic rings. The summed E-state index contributed by atoms with van der Waals surface area (Å²) < 4.78 is 15.3. The molecule has 0 aromatic heterocycles. The third kappa shape index (κ3) is 4.60. The van der Waals surface area contributed by atoms with E-state index in [1.165, 1.54) is 21.1 Å². The van der Waals surface area contributed by atoms with Crippen molar-refractivity contribution in [3.8, 4) is 11.5 Å². The van der Waals surface area contributed by atoms with E-state index in [-0.39, 0.29) is 22.8 Å². The Hall–Kier alpha value is -3.35. The number of ketones is 1. The van der Waals surface area contributed by atoms with Crippen molar-refractivity contribution < 1.29 is 28.6 Å². The van der Waals surface area contributed by atoms with Gasteiger partial charge in [0.1, 0.15) is 17.1 Å². The van der Waals surface area contributed by atoms with Gasteiger partial charge in [0.05, 0.1) is 14.2 Å². The SMILES string of the molecule is COc1cccc(OC)c1C(=O)OCC(=O)Nc1ccc(C(C)=O)cc1. The van der Waals surface area contributed by atoms with Gasteiger partial charge in [-0.3, -0.25) is 9.59 Å². The Morgan fingerprint density at radius 1 is 0.923 bits per heavy atom. The number of rotatable bonds is 7. The van der Waals surface area contributed by atoms with Crippen LogP contribution in [0.2, 0.25) is 0 Å². The average molecular weight is 357 g/mol. The molecule has 0 saturated heterocycles. The summed E-state index contributed by atoms with van der Waals surface area (Å²) in [6.45, 7) is 0.980. The van der Waals surface area contributed by atoms with Gasteiger partial charge in [-0.05, 0) is 43.3 Å². The van der Waals surface area contributed by atoms with Crippen LogP contribution >= 0.6 is 0 Å². The maximum Gasteiger partial charge on any atom is 0.346 e. The fraction of sp³-hybridized carbons (Fsp3) is 0.211. The van der Waals surface area contributed by atoms with Crippen molar-refractivity contribution in [1.82, 2.24) is 0 Å². The lowest BCUT2D eigenvalue weighted by atomic mass is 10.1. The molecule has 1 amide bonds. The Kier molecular flexibility index (Phi) is 6.32. The number of ether oxygens (including phenoxy) is 3. The van der Waals surface area contributed by atoms with E-state index >= 15 is 0 Å². The van der Waals surface area contributed by atoms with Gasteiger partial charge in [-0.1, -0.05) is 6.07 Å². The monoisotopic (exact) mass is 357 g/mol. The summed E-state index contributed by atoms with van der Waals surface area (Å²) in [4.78, 5) is 35.5. The van der Waals surface area contributed by atoms with Crippen LogP contribution in [0.25, 0.3) is 0 Å². The Labute approximate surface area is 150 Å². The fourth-order valence-electron chi connectivity index (χ4n) is 2.24. The van der Waals surface area contributed by atoms with Crippen LogP contribution in [0.1, 0.15) is 27.6 Å². The van der Waals surface area contributed by atoms with Crippen molar-refractivity contribution in [2.24, 2.45) is 0 Å². The summed E-state index contributed by atoms with van der Waals surface area (Å²) in [5, 5.41) is 2.58. The first-order chi connectivity index (χ1) is 12.5. The van der Waals surface area contributed by atoms with Gasteiger partial charge < -0.3 is 19.5 Å². The molecule has 2 rings (SSSR count). The maximum atomic E-state index is 12.3. The number of anilines is 1.